The molecule has 1 aromatic heterocycles. The van der Waals surface area contributed by atoms with Crippen LogP contribution in [0.15, 0.2) is 30.3 Å². The van der Waals surface area contributed by atoms with E-state index in [2.05, 4.69) is 16.4 Å². The Morgan fingerprint density at radius 2 is 2.00 bits per heavy atom. The van der Waals surface area contributed by atoms with Crippen LogP contribution < -0.4 is 0 Å². The number of nitrogens with zero attached hydrogens (tertiary/aromatic N) is 4. The monoisotopic (exact) mass is 294 g/mol. The van der Waals surface area contributed by atoms with Crippen molar-refractivity contribution in [2.45, 2.75) is 44.4 Å². The fraction of sp³-hybridized carbons (Fsp3) is 0.471. The summed E-state index contributed by atoms with van der Waals surface area (Å²) in [6.07, 6.45) is 5.38. The number of hydrogen-bond acceptors (Lipinski definition) is 4. The zero-order valence-electron chi connectivity index (χ0n) is 12.4. The molecule has 4 rings (SSSR count). The molecular weight excluding hydrogens is 276 g/mol. The molecule has 2 heterocycles. The molecule has 1 aliphatic heterocycles. The van der Waals surface area contributed by atoms with Gasteiger partial charge in [0.2, 0.25) is 0 Å². The van der Waals surface area contributed by atoms with Crippen molar-refractivity contribution in [1.82, 2.24) is 15.0 Å². The molecule has 5 nitrogen and oxygen atoms in total. The van der Waals surface area contributed by atoms with E-state index >= 15 is 0 Å². The van der Waals surface area contributed by atoms with E-state index in [-0.39, 0.29) is 6.10 Å². The van der Waals surface area contributed by atoms with Crippen LogP contribution in [0.5, 0.6) is 0 Å². The predicted molar refractivity (Wildman–Crippen MR) is 80.8 cm³/mol. The van der Waals surface area contributed by atoms with Crippen molar-refractivity contribution >= 4 is 0 Å². The highest BCUT2D eigenvalue weighted by molar-refractivity contribution is 5.64. The van der Waals surface area contributed by atoms with Crippen molar-refractivity contribution < 1.29 is 4.74 Å². The maximum Gasteiger partial charge on any atom is 0.166 e. The zero-order chi connectivity index (χ0) is 14.9. The SMILES string of the molecule is N#Cc1c(-c2ccccc2)nnn1CC1CCC(C2CC2)O1. The van der Waals surface area contributed by atoms with Crippen molar-refractivity contribution in [2.75, 3.05) is 0 Å². The van der Waals surface area contributed by atoms with Gasteiger partial charge in [0, 0.05) is 5.56 Å². The lowest BCUT2D eigenvalue weighted by atomic mass is 10.1. The number of rotatable bonds is 4. The van der Waals surface area contributed by atoms with Crippen LogP contribution in [0.4, 0.5) is 0 Å². The summed E-state index contributed by atoms with van der Waals surface area (Å²) in [5.74, 6) is 0.774. The van der Waals surface area contributed by atoms with Gasteiger partial charge < -0.3 is 4.74 Å². The van der Waals surface area contributed by atoms with Crippen LogP contribution in [-0.4, -0.2) is 27.2 Å². The molecule has 1 aromatic carbocycles. The lowest BCUT2D eigenvalue weighted by Crippen LogP contribution is -2.20. The highest BCUT2D eigenvalue weighted by Gasteiger charge is 2.38. The number of nitriles is 1. The third kappa shape index (κ3) is 2.51. The number of ether oxygens (including phenoxy) is 1. The first-order chi connectivity index (χ1) is 10.8. The third-order valence-corrected chi connectivity index (χ3v) is 4.55. The minimum atomic E-state index is 0.156. The molecular formula is C17H18N4O. The number of hydrogen-bond donors (Lipinski definition) is 0. The van der Waals surface area contributed by atoms with Crippen molar-refractivity contribution in [2.24, 2.45) is 5.92 Å². The van der Waals surface area contributed by atoms with E-state index in [1.807, 2.05) is 30.3 Å². The van der Waals surface area contributed by atoms with Crippen LogP contribution in [0.1, 0.15) is 31.4 Å². The molecule has 1 aliphatic carbocycles. The number of aromatic nitrogens is 3. The van der Waals surface area contributed by atoms with E-state index in [1.165, 1.54) is 12.8 Å². The average Bonchev–Trinajstić information content (AvgIpc) is 3.17. The molecule has 2 unspecified atom stereocenters. The molecule has 22 heavy (non-hydrogen) atoms. The summed E-state index contributed by atoms with van der Waals surface area (Å²) in [4.78, 5) is 0. The number of benzene rings is 1. The van der Waals surface area contributed by atoms with E-state index in [9.17, 15) is 5.26 Å². The molecule has 1 saturated heterocycles. The van der Waals surface area contributed by atoms with Crippen molar-refractivity contribution in [3.05, 3.63) is 36.0 Å². The van der Waals surface area contributed by atoms with Crippen LogP contribution in [0, 0.1) is 17.2 Å². The topological polar surface area (TPSA) is 63.7 Å². The Morgan fingerprint density at radius 3 is 2.73 bits per heavy atom. The summed E-state index contributed by atoms with van der Waals surface area (Å²) < 4.78 is 7.80. The van der Waals surface area contributed by atoms with Gasteiger partial charge in [0.25, 0.3) is 0 Å². The first kappa shape index (κ1) is 13.5. The van der Waals surface area contributed by atoms with E-state index < -0.39 is 0 Å². The van der Waals surface area contributed by atoms with Crippen molar-refractivity contribution in [1.29, 1.82) is 5.26 Å². The minimum Gasteiger partial charge on any atom is -0.373 e. The normalized spacial score (nSPS) is 24.3. The van der Waals surface area contributed by atoms with Crippen LogP contribution in [0.3, 0.4) is 0 Å². The van der Waals surface area contributed by atoms with E-state index in [4.69, 9.17) is 4.74 Å². The second-order valence-corrected chi connectivity index (χ2v) is 6.16. The lowest BCUT2D eigenvalue weighted by Gasteiger charge is -2.13. The molecule has 112 valence electrons. The zero-order valence-corrected chi connectivity index (χ0v) is 12.4. The van der Waals surface area contributed by atoms with Crippen LogP contribution in [0.2, 0.25) is 0 Å². The van der Waals surface area contributed by atoms with E-state index in [0.29, 0.717) is 24.0 Å². The predicted octanol–water partition coefficient (Wildman–Crippen LogP) is 2.77. The first-order valence-electron chi connectivity index (χ1n) is 7.89. The quantitative estimate of drug-likeness (QED) is 0.869. The Morgan fingerprint density at radius 1 is 1.18 bits per heavy atom. The average molecular weight is 294 g/mol. The summed E-state index contributed by atoms with van der Waals surface area (Å²) in [6.45, 7) is 0.617. The highest BCUT2D eigenvalue weighted by Crippen LogP contribution is 2.40. The van der Waals surface area contributed by atoms with Crippen LogP contribution in [0.25, 0.3) is 11.3 Å². The Bertz CT molecular complexity index is 699. The summed E-state index contributed by atoms with van der Waals surface area (Å²) in [5, 5.41) is 17.9. The molecule has 2 fully saturated rings. The molecule has 0 N–H and O–H groups in total. The summed E-state index contributed by atoms with van der Waals surface area (Å²) in [5.41, 5.74) is 2.10. The molecule has 0 amide bonds. The fourth-order valence-electron chi connectivity index (χ4n) is 3.22. The molecule has 2 atom stereocenters. The maximum absolute atomic E-state index is 9.48. The lowest BCUT2D eigenvalue weighted by molar-refractivity contribution is 0.0221. The summed E-state index contributed by atoms with van der Waals surface area (Å²) >= 11 is 0. The smallest absolute Gasteiger partial charge is 0.166 e. The molecule has 0 spiro atoms. The molecule has 2 aromatic rings. The van der Waals surface area contributed by atoms with Crippen LogP contribution >= 0.6 is 0 Å². The first-order valence-corrected chi connectivity index (χ1v) is 7.89. The third-order valence-electron chi connectivity index (χ3n) is 4.55. The largest absolute Gasteiger partial charge is 0.373 e. The second kappa shape index (κ2) is 5.54. The molecule has 0 bridgehead atoms. The van der Waals surface area contributed by atoms with Gasteiger partial charge in [-0.05, 0) is 31.6 Å². The van der Waals surface area contributed by atoms with Gasteiger partial charge in [-0.15, -0.1) is 5.10 Å². The van der Waals surface area contributed by atoms with Gasteiger partial charge in [0.05, 0.1) is 18.8 Å². The van der Waals surface area contributed by atoms with Gasteiger partial charge in [-0.3, -0.25) is 0 Å². The van der Waals surface area contributed by atoms with Gasteiger partial charge in [0.1, 0.15) is 11.8 Å². The van der Waals surface area contributed by atoms with Crippen molar-refractivity contribution in [3.63, 3.8) is 0 Å². The second-order valence-electron chi connectivity index (χ2n) is 6.16. The Hall–Kier alpha value is -2.19. The van der Waals surface area contributed by atoms with Crippen molar-refractivity contribution in [3.8, 4) is 17.3 Å². The molecule has 0 radical (unpaired) electrons. The van der Waals surface area contributed by atoms with Gasteiger partial charge in [-0.1, -0.05) is 35.5 Å². The summed E-state index contributed by atoms with van der Waals surface area (Å²) in [7, 11) is 0. The minimum absolute atomic E-state index is 0.156. The van der Waals surface area contributed by atoms with Crippen LogP contribution in [-0.2, 0) is 11.3 Å². The van der Waals surface area contributed by atoms with E-state index in [1.54, 1.807) is 4.68 Å². The Kier molecular flexibility index (Phi) is 3.39. The Balaban J connectivity index is 1.53. The molecule has 2 aliphatic rings. The fourth-order valence-corrected chi connectivity index (χ4v) is 3.22. The maximum atomic E-state index is 9.48. The Labute approximate surface area is 129 Å². The molecule has 1 saturated carbocycles. The van der Waals surface area contributed by atoms with Gasteiger partial charge in [0.15, 0.2) is 5.69 Å². The van der Waals surface area contributed by atoms with Gasteiger partial charge >= 0.3 is 0 Å². The highest BCUT2D eigenvalue weighted by atomic mass is 16.5. The van der Waals surface area contributed by atoms with Gasteiger partial charge in [-0.25, -0.2) is 4.68 Å². The standard InChI is InChI=1S/C17H18N4O/c18-10-15-17(13-4-2-1-3-5-13)19-20-21(15)11-14-8-9-16(22-14)12-6-7-12/h1-5,12,14,16H,6-9,11H2. The molecule has 5 heteroatoms. The van der Waals surface area contributed by atoms with Gasteiger partial charge in [-0.2, -0.15) is 5.26 Å². The summed E-state index contributed by atoms with van der Waals surface area (Å²) in [6, 6.07) is 12.0. The van der Waals surface area contributed by atoms with E-state index in [0.717, 1.165) is 24.3 Å².